The first kappa shape index (κ1) is 12.2. The summed E-state index contributed by atoms with van der Waals surface area (Å²) in [4.78, 5) is 13.0. The molecule has 1 aromatic heterocycles. The third kappa shape index (κ3) is 2.77. The molecule has 0 aliphatic heterocycles. The van der Waals surface area contributed by atoms with Crippen LogP contribution >= 0.6 is 11.3 Å². The summed E-state index contributed by atoms with van der Waals surface area (Å²) in [7, 11) is -3.62. The molecule has 0 aliphatic rings. The van der Waals surface area contributed by atoms with Crippen molar-refractivity contribution in [3.8, 4) is 0 Å². The van der Waals surface area contributed by atoms with Gasteiger partial charge in [-0.05, 0) is 13.8 Å². The van der Waals surface area contributed by atoms with Gasteiger partial charge in [-0.25, -0.2) is 13.1 Å². The Balaban J connectivity index is 3.12. The van der Waals surface area contributed by atoms with E-state index < -0.39 is 10.0 Å². The number of rotatable bonds is 4. The number of hydrogen-bond donors (Lipinski definition) is 2. The second-order valence-electron chi connectivity index (χ2n) is 3.07. The largest absolute Gasteiger partial charge is 0.315 e. The standard InChI is InChI=1S/C8H12N2O3S2/c1-4-5(2)10-15(12,13)7-6(3)9-8(11)14-7/h4-5,10H,1H2,2-3H3,(H,9,11). The number of aryl methyl sites for hydroxylation is 1. The van der Waals surface area contributed by atoms with Crippen LogP contribution < -0.4 is 9.60 Å². The van der Waals surface area contributed by atoms with Crippen molar-refractivity contribution in [3.63, 3.8) is 0 Å². The minimum absolute atomic E-state index is 0.0289. The number of aromatic nitrogens is 1. The van der Waals surface area contributed by atoms with Gasteiger partial charge in [0.05, 0.1) is 0 Å². The summed E-state index contributed by atoms with van der Waals surface area (Å²) >= 11 is 0.678. The molecule has 84 valence electrons. The zero-order chi connectivity index (χ0) is 11.6. The average molecular weight is 248 g/mol. The highest BCUT2D eigenvalue weighted by molar-refractivity contribution is 7.91. The van der Waals surface area contributed by atoms with Gasteiger partial charge in [-0.15, -0.1) is 6.58 Å². The maximum absolute atomic E-state index is 11.7. The number of nitrogens with one attached hydrogen (secondary N) is 2. The summed E-state index contributed by atoms with van der Waals surface area (Å²) in [6.07, 6.45) is 1.47. The smallest absolute Gasteiger partial charge is 0.305 e. The number of sulfonamides is 1. The van der Waals surface area contributed by atoms with Gasteiger partial charge in [-0.2, -0.15) is 0 Å². The van der Waals surface area contributed by atoms with Gasteiger partial charge in [0.2, 0.25) is 0 Å². The molecule has 0 aromatic carbocycles. The minimum atomic E-state index is -3.62. The van der Waals surface area contributed by atoms with Crippen LogP contribution in [0.1, 0.15) is 12.6 Å². The summed E-state index contributed by atoms with van der Waals surface area (Å²) in [5.74, 6) is 0. The molecule has 1 atom stereocenters. The first-order valence-electron chi connectivity index (χ1n) is 4.21. The van der Waals surface area contributed by atoms with Gasteiger partial charge in [-0.1, -0.05) is 17.4 Å². The predicted octanol–water partition coefficient (Wildman–Crippen LogP) is 0.598. The normalized spacial score (nSPS) is 13.7. The Kier molecular flexibility index (Phi) is 3.48. The topological polar surface area (TPSA) is 79.0 Å². The predicted molar refractivity (Wildman–Crippen MR) is 59.7 cm³/mol. The van der Waals surface area contributed by atoms with Gasteiger partial charge in [0.25, 0.3) is 10.0 Å². The van der Waals surface area contributed by atoms with Crippen molar-refractivity contribution >= 4 is 21.4 Å². The first-order chi connectivity index (χ1) is 6.86. The van der Waals surface area contributed by atoms with Crippen molar-refractivity contribution in [1.82, 2.24) is 9.71 Å². The summed E-state index contributed by atoms with van der Waals surface area (Å²) in [5, 5.41) is 0. The Morgan fingerprint density at radius 1 is 1.60 bits per heavy atom. The molecule has 0 saturated carbocycles. The van der Waals surface area contributed by atoms with E-state index in [0.717, 1.165) is 0 Å². The van der Waals surface area contributed by atoms with Crippen molar-refractivity contribution in [2.45, 2.75) is 24.1 Å². The maximum Gasteiger partial charge on any atom is 0.305 e. The van der Waals surface area contributed by atoms with Gasteiger partial charge in [-0.3, -0.25) is 4.79 Å². The van der Waals surface area contributed by atoms with Crippen molar-refractivity contribution < 1.29 is 8.42 Å². The molecule has 0 fully saturated rings. The lowest BCUT2D eigenvalue weighted by atomic mass is 10.4. The SMILES string of the molecule is C=CC(C)NS(=O)(=O)c1sc(=O)[nH]c1C. The van der Waals surface area contributed by atoms with Crippen molar-refractivity contribution in [1.29, 1.82) is 0 Å². The fourth-order valence-corrected chi connectivity index (χ4v) is 3.53. The van der Waals surface area contributed by atoms with Crippen LogP contribution in [0.25, 0.3) is 0 Å². The van der Waals surface area contributed by atoms with Crippen LogP contribution in [0, 0.1) is 6.92 Å². The highest BCUT2D eigenvalue weighted by Gasteiger charge is 2.21. The molecule has 1 unspecified atom stereocenters. The van der Waals surface area contributed by atoms with E-state index in [1.165, 1.54) is 6.08 Å². The molecule has 15 heavy (non-hydrogen) atoms. The minimum Gasteiger partial charge on any atom is -0.315 e. The lowest BCUT2D eigenvalue weighted by molar-refractivity contribution is 0.577. The van der Waals surface area contributed by atoms with Crippen LogP contribution in [0.15, 0.2) is 21.7 Å². The van der Waals surface area contributed by atoms with Crippen LogP contribution in [0.2, 0.25) is 0 Å². The second kappa shape index (κ2) is 4.30. The second-order valence-corrected chi connectivity index (χ2v) is 5.97. The van der Waals surface area contributed by atoms with Crippen LogP contribution in [-0.2, 0) is 10.0 Å². The monoisotopic (exact) mass is 248 g/mol. The molecule has 0 saturated heterocycles. The van der Waals surface area contributed by atoms with E-state index in [2.05, 4.69) is 16.3 Å². The van der Waals surface area contributed by atoms with Crippen LogP contribution in [0.3, 0.4) is 0 Å². The Morgan fingerprint density at radius 3 is 2.60 bits per heavy atom. The number of thiazole rings is 1. The Morgan fingerprint density at radius 2 is 2.20 bits per heavy atom. The van der Waals surface area contributed by atoms with E-state index in [1.54, 1.807) is 13.8 Å². The quantitative estimate of drug-likeness (QED) is 0.766. The molecule has 0 aliphatic carbocycles. The molecule has 0 spiro atoms. The van der Waals surface area contributed by atoms with E-state index in [0.29, 0.717) is 17.0 Å². The fraction of sp³-hybridized carbons (Fsp3) is 0.375. The lowest BCUT2D eigenvalue weighted by Crippen LogP contribution is -2.30. The van der Waals surface area contributed by atoms with Crippen LogP contribution in [-0.4, -0.2) is 19.4 Å². The van der Waals surface area contributed by atoms with Crippen molar-refractivity contribution in [2.24, 2.45) is 0 Å². The van der Waals surface area contributed by atoms with Gasteiger partial charge < -0.3 is 4.98 Å². The molecule has 1 aromatic rings. The Bertz CT molecular complexity index is 512. The molecule has 1 heterocycles. The van der Waals surface area contributed by atoms with E-state index >= 15 is 0 Å². The van der Waals surface area contributed by atoms with E-state index in [1.807, 2.05) is 0 Å². The lowest BCUT2D eigenvalue weighted by Gasteiger charge is -2.08. The van der Waals surface area contributed by atoms with E-state index in [-0.39, 0.29) is 15.1 Å². The summed E-state index contributed by atoms with van der Waals surface area (Å²) in [6.45, 7) is 6.68. The Labute approximate surface area is 91.9 Å². The maximum atomic E-state index is 11.7. The fourth-order valence-electron chi connectivity index (χ4n) is 0.993. The van der Waals surface area contributed by atoms with Gasteiger partial charge in [0.1, 0.15) is 0 Å². The molecule has 1 rings (SSSR count). The first-order valence-corrected chi connectivity index (χ1v) is 6.51. The van der Waals surface area contributed by atoms with E-state index in [9.17, 15) is 13.2 Å². The highest BCUT2D eigenvalue weighted by Crippen LogP contribution is 2.15. The molecule has 5 nitrogen and oxygen atoms in total. The molecule has 0 amide bonds. The summed E-state index contributed by atoms with van der Waals surface area (Å²) in [5.41, 5.74) is 0.355. The Hall–Kier alpha value is -0.920. The summed E-state index contributed by atoms with van der Waals surface area (Å²) in [6, 6.07) is -0.369. The van der Waals surface area contributed by atoms with Gasteiger partial charge >= 0.3 is 4.87 Å². The molecule has 7 heteroatoms. The van der Waals surface area contributed by atoms with Crippen LogP contribution in [0.4, 0.5) is 0 Å². The number of hydrogen-bond acceptors (Lipinski definition) is 4. The molecule has 0 radical (unpaired) electrons. The van der Waals surface area contributed by atoms with Crippen molar-refractivity contribution in [3.05, 3.63) is 28.0 Å². The van der Waals surface area contributed by atoms with Crippen LogP contribution in [0.5, 0.6) is 0 Å². The molecular weight excluding hydrogens is 236 g/mol. The van der Waals surface area contributed by atoms with Crippen molar-refractivity contribution in [2.75, 3.05) is 0 Å². The third-order valence-corrected chi connectivity index (χ3v) is 4.88. The zero-order valence-corrected chi connectivity index (χ0v) is 10.0. The summed E-state index contributed by atoms with van der Waals surface area (Å²) < 4.78 is 25.9. The number of H-pyrrole nitrogens is 1. The molecule has 2 N–H and O–H groups in total. The van der Waals surface area contributed by atoms with E-state index in [4.69, 9.17) is 0 Å². The van der Waals surface area contributed by atoms with Gasteiger partial charge in [0.15, 0.2) is 4.21 Å². The molecule has 0 bridgehead atoms. The highest BCUT2D eigenvalue weighted by atomic mass is 32.2. The van der Waals surface area contributed by atoms with Gasteiger partial charge in [0, 0.05) is 11.7 Å². The average Bonchev–Trinajstić information content (AvgIpc) is 2.45. The zero-order valence-electron chi connectivity index (χ0n) is 8.40. The number of aromatic amines is 1. The third-order valence-electron chi connectivity index (χ3n) is 1.72. The molecular formula is C8H12N2O3S2.